The Morgan fingerprint density at radius 1 is 0.677 bits per heavy atom. The van der Waals surface area contributed by atoms with Crippen LogP contribution in [-0.2, 0) is 4.79 Å². The number of rotatable bonds is 0. The quantitative estimate of drug-likeness (QED) is 0.387. The maximum absolute atomic E-state index is 12.7. The molecule has 0 N–H and O–H groups in total. The molecule has 0 aromatic carbocycles. The van der Waals surface area contributed by atoms with Crippen molar-refractivity contribution in [3.63, 3.8) is 0 Å². The van der Waals surface area contributed by atoms with E-state index >= 15 is 0 Å². The van der Waals surface area contributed by atoms with Crippen LogP contribution < -0.4 is 0 Å². The lowest BCUT2D eigenvalue weighted by atomic mass is 9.37. The van der Waals surface area contributed by atoms with Crippen molar-refractivity contribution in [3.8, 4) is 0 Å². The van der Waals surface area contributed by atoms with Gasteiger partial charge in [0.15, 0.2) is 0 Å². The van der Waals surface area contributed by atoms with E-state index in [2.05, 4.69) is 41.5 Å². The number of Topliss-reactive ketones (excluding diaryl/α,β-unsaturated/α-hetero) is 1. The van der Waals surface area contributed by atoms with Crippen LogP contribution in [0.3, 0.4) is 0 Å². The summed E-state index contributed by atoms with van der Waals surface area (Å²) in [5.41, 5.74) is 4.58. The second kappa shape index (κ2) is 5.02. The number of carbonyl (C=O) groups is 1. The minimum absolute atomic E-state index is 0.265. The smallest absolute Gasteiger partial charge is 0.136 e. The molecular formula is C30H46O. The molecule has 9 atom stereocenters. The molecule has 7 rings (SSSR count). The highest BCUT2D eigenvalue weighted by Crippen LogP contribution is 3.02. The van der Waals surface area contributed by atoms with Gasteiger partial charge in [0, 0.05) is 12.3 Å². The van der Waals surface area contributed by atoms with Crippen molar-refractivity contribution in [3.05, 3.63) is 0 Å². The monoisotopic (exact) mass is 422 g/mol. The van der Waals surface area contributed by atoms with Crippen LogP contribution in [0.5, 0.6) is 0 Å². The van der Waals surface area contributed by atoms with Crippen LogP contribution in [0, 0.1) is 55.2 Å². The zero-order chi connectivity index (χ0) is 21.9. The van der Waals surface area contributed by atoms with Gasteiger partial charge in [0.1, 0.15) is 5.78 Å². The zero-order valence-electron chi connectivity index (χ0n) is 21.3. The van der Waals surface area contributed by atoms with Crippen molar-refractivity contribution in [2.24, 2.45) is 55.2 Å². The normalized spacial score (nSPS) is 65.3. The molecule has 0 heterocycles. The number of hydrogen-bond acceptors (Lipinski definition) is 1. The van der Waals surface area contributed by atoms with Crippen LogP contribution in [-0.4, -0.2) is 5.78 Å². The standard InChI is InChI=1S/C30H46O/c1-20-21(31)7-8-22-25(20,5)12-15-27-18-28(27)14-11-24(4)10-9-23(2,3)17-30(24)19-29(28,30)16-13-26(22,27)6/h20,22H,7-19H2,1-6H3/t20-,22-,24+,25+,26-,27-,28-,29-,30-/m0/s1. The van der Waals surface area contributed by atoms with E-state index in [0.717, 1.165) is 12.3 Å². The Bertz CT molecular complexity index is 902. The molecule has 0 bridgehead atoms. The highest BCUT2D eigenvalue weighted by atomic mass is 16.1. The highest BCUT2D eigenvalue weighted by Gasteiger charge is 2.95. The van der Waals surface area contributed by atoms with E-state index in [0.29, 0.717) is 43.7 Å². The van der Waals surface area contributed by atoms with Gasteiger partial charge in [-0.15, -0.1) is 0 Å². The van der Waals surface area contributed by atoms with Gasteiger partial charge in [-0.25, -0.2) is 0 Å². The highest BCUT2D eigenvalue weighted by molar-refractivity contribution is 5.82. The molecule has 0 aromatic heterocycles. The molecule has 1 heteroatoms. The van der Waals surface area contributed by atoms with E-state index in [9.17, 15) is 4.79 Å². The minimum Gasteiger partial charge on any atom is -0.299 e. The van der Waals surface area contributed by atoms with Gasteiger partial charge < -0.3 is 0 Å². The zero-order valence-corrected chi connectivity index (χ0v) is 21.3. The summed E-state index contributed by atoms with van der Waals surface area (Å²) in [6, 6.07) is 0. The summed E-state index contributed by atoms with van der Waals surface area (Å²) in [4.78, 5) is 12.7. The summed E-state index contributed by atoms with van der Waals surface area (Å²) in [6.07, 6.45) is 18.4. The van der Waals surface area contributed by atoms with Crippen molar-refractivity contribution >= 4 is 5.78 Å². The van der Waals surface area contributed by atoms with E-state index in [-0.39, 0.29) is 11.3 Å². The lowest BCUT2D eigenvalue weighted by Crippen LogP contribution is -2.61. The minimum atomic E-state index is 0.265. The number of ketones is 1. The van der Waals surface area contributed by atoms with Crippen molar-refractivity contribution in [1.29, 1.82) is 0 Å². The second-order valence-corrected chi connectivity index (χ2v) is 15.8. The third-order valence-corrected chi connectivity index (χ3v) is 15.1. The van der Waals surface area contributed by atoms with E-state index < -0.39 is 0 Å². The second-order valence-electron chi connectivity index (χ2n) is 15.8. The number of hydrogen-bond donors (Lipinski definition) is 0. The average Bonchev–Trinajstić information content (AvgIpc) is 3.57. The summed E-state index contributed by atoms with van der Waals surface area (Å²) in [7, 11) is 0. The number of fused-ring (bicyclic) bond motifs is 2. The molecule has 7 aliphatic carbocycles. The third-order valence-electron chi connectivity index (χ3n) is 15.1. The largest absolute Gasteiger partial charge is 0.299 e. The Balaban J connectivity index is 1.32. The van der Waals surface area contributed by atoms with Crippen LogP contribution in [0.25, 0.3) is 0 Å². The van der Waals surface area contributed by atoms with Crippen LogP contribution >= 0.6 is 0 Å². The van der Waals surface area contributed by atoms with Gasteiger partial charge in [0.25, 0.3) is 0 Å². The van der Waals surface area contributed by atoms with E-state index in [4.69, 9.17) is 0 Å². The topological polar surface area (TPSA) is 17.1 Å². The van der Waals surface area contributed by atoms with Crippen molar-refractivity contribution in [2.45, 2.75) is 125 Å². The molecule has 7 fully saturated rings. The fraction of sp³-hybridized carbons (Fsp3) is 0.967. The van der Waals surface area contributed by atoms with Gasteiger partial charge in [-0.1, -0.05) is 41.5 Å². The maximum Gasteiger partial charge on any atom is 0.136 e. The molecule has 0 radical (unpaired) electrons. The molecule has 0 amide bonds. The van der Waals surface area contributed by atoms with Crippen LogP contribution in [0.15, 0.2) is 0 Å². The van der Waals surface area contributed by atoms with Crippen LogP contribution in [0.2, 0.25) is 0 Å². The first-order chi connectivity index (χ1) is 14.4. The summed E-state index contributed by atoms with van der Waals surface area (Å²) in [6.45, 7) is 15.4. The molecule has 0 unspecified atom stereocenters. The molecule has 7 saturated carbocycles. The summed E-state index contributed by atoms with van der Waals surface area (Å²) in [5, 5.41) is 0. The molecule has 1 nitrogen and oxygen atoms in total. The molecule has 7 aliphatic rings. The predicted molar refractivity (Wildman–Crippen MR) is 126 cm³/mol. The lowest BCUT2D eigenvalue weighted by molar-refractivity contribution is -0.188. The average molecular weight is 423 g/mol. The Hall–Kier alpha value is -0.330. The SMILES string of the molecule is C[C@H]1C(=O)CC[C@H]2[C@]1(C)CC[C@@]13C[C@@]14CC[C@@]1(C)CCC(C)(C)C[C@]15C[C@]54CC[C@@]23C. The Kier molecular flexibility index (Phi) is 3.25. The first-order valence-corrected chi connectivity index (χ1v) is 13.9. The maximum atomic E-state index is 12.7. The van der Waals surface area contributed by atoms with Crippen molar-refractivity contribution < 1.29 is 4.79 Å². The van der Waals surface area contributed by atoms with E-state index in [1.165, 1.54) is 57.8 Å². The van der Waals surface area contributed by atoms with Crippen molar-refractivity contribution in [2.75, 3.05) is 0 Å². The molecule has 0 saturated heterocycles. The van der Waals surface area contributed by atoms with E-state index in [1.807, 2.05) is 0 Å². The first-order valence-electron chi connectivity index (χ1n) is 13.9. The van der Waals surface area contributed by atoms with Gasteiger partial charge >= 0.3 is 0 Å². The third kappa shape index (κ3) is 1.76. The van der Waals surface area contributed by atoms with Crippen molar-refractivity contribution in [1.82, 2.24) is 0 Å². The molecular weight excluding hydrogens is 376 g/mol. The van der Waals surface area contributed by atoms with Gasteiger partial charge in [0.2, 0.25) is 0 Å². The fourth-order valence-corrected chi connectivity index (χ4v) is 13.2. The predicted octanol–water partition coefficient (Wildman–Crippen LogP) is 7.97. The molecule has 0 aromatic rings. The summed E-state index contributed by atoms with van der Waals surface area (Å²) in [5.74, 6) is 1.63. The molecule has 31 heavy (non-hydrogen) atoms. The Morgan fingerprint density at radius 3 is 2.06 bits per heavy atom. The molecule has 4 spiro atoms. The number of carbonyl (C=O) groups excluding carboxylic acids is 1. The van der Waals surface area contributed by atoms with Gasteiger partial charge in [-0.05, 0) is 126 Å². The van der Waals surface area contributed by atoms with Gasteiger partial charge in [-0.2, -0.15) is 0 Å². The van der Waals surface area contributed by atoms with Gasteiger partial charge in [0.05, 0.1) is 0 Å². The summed E-state index contributed by atoms with van der Waals surface area (Å²) < 4.78 is 0. The lowest BCUT2D eigenvalue weighted by Gasteiger charge is -2.67. The Labute approximate surface area is 190 Å². The Morgan fingerprint density at radius 2 is 1.29 bits per heavy atom. The summed E-state index contributed by atoms with van der Waals surface area (Å²) >= 11 is 0. The van der Waals surface area contributed by atoms with Gasteiger partial charge in [-0.3, -0.25) is 4.79 Å². The van der Waals surface area contributed by atoms with E-state index in [1.54, 1.807) is 19.3 Å². The molecule has 172 valence electrons. The van der Waals surface area contributed by atoms with Crippen LogP contribution in [0.4, 0.5) is 0 Å². The van der Waals surface area contributed by atoms with Crippen LogP contribution in [0.1, 0.15) is 125 Å². The first kappa shape index (κ1) is 20.1. The molecule has 0 aliphatic heterocycles. The fourth-order valence-electron chi connectivity index (χ4n) is 13.2.